The van der Waals surface area contributed by atoms with Gasteiger partial charge in [0.05, 0.1) is 12.2 Å². The summed E-state index contributed by atoms with van der Waals surface area (Å²) in [7, 11) is 0. The molecule has 14 heavy (non-hydrogen) atoms. The fraction of sp³-hybridized carbons (Fsp3) is 0.400. The van der Waals surface area contributed by atoms with Crippen molar-refractivity contribution in [3.05, 3.63) is 34.9 Å². The molecule has 0 bridgehead atoms. The van der Waals surface area contributed by atoms with Crippen LogP contribution in [-0.2, 0) is 0 Å². The van der Waals surface area contributed by atoms with Crippen molar-refractivity contribution < 1.29 is 10.2 Å². The lowest BCUT2D eigenvalue weighted by molar-refractivity contribution is 0.0851. The number of rotatable bonds is 4. The summed E-state index contributed by atoms with van der Waals surface area (Å²) in [4.78, 5) is 0. The maximum atomic E-state index is 9.67. The third kappa shape index (κ3) is 3.27. The molecule has 4 heteroatoms. The number of nitrogens with two attached hydrogens (primary N) is 1. The van der Waals surface area contributed by atoms with E-state index in [0.717, 1.165) is 0 Å². The van der Waals surface area contributed by atoms with Crippen molar-refractivity contribution >= 4 is 11.6 Å². The summed E-state index contributed by atoms with van der Waals surface area (Å²) >= 11 is 5.76. The second-order valence-electron chi connectivity index (χ2n) is 3.20. The van der Waals surface area contributed by atoms with Crippen LogP contribution in [0.25, 0.3) is 0 Å². The Kier molecular flexibility index (Phi) is 4.35. The summed E-state index contributed by atoms with van der Waals surface area (Å²) < 4.78 is 0. The molecule has 0 aliphatic carbocycles. The highest BCUT2D eigenvalue weighted by molar-refractivity contribution is 6.30. The van der Waals surface area contributed by atoms with Crippen LogP contribution in [0.15, 0.2) is 24.3 Å². The monoisotopic (exact) mass is 215 g/mol. The van der Waals surface area contributed by atoms with Crippen molar-refractivity contribution in [2.75, 3.05) is 6.54 Å². The maximum Gasteiger partial charge on any atom is 0.0815 e. The Balaban J connectivity index is 2.64. The summed E-state index contributed by atoms with van der Waals surface area (Å²) in [5, 5.41) is 19.5. The Hall–Kier alpha value is -0.610. The number of benzene rings is 1. The van der Waals surface area contributed by atoms with E-state index in [9.17, 15) is 10.2 Å². The summed E-state index contributed by atoms with van der Waals surface area (Å²) in [6, 6.07) is 6.93. The lowest BCUT2D eigenvalue weighted by Crippen LogP contribution is -2.22. The third-order valence-electron chi connectivity index (χ3n) is 2.00. The topological polar surface area (TPSA) is 66.5 Å². The van der Waals surface area contributed by atoms with Crippen LogP contribution >= 0.6 is 11.6 Å². The Labute approximate surface area is 88.1 Å². The molecule has 4 N–H and O–H groups in total. The Morgan fingerprint density at radius 3 is 2.64 bits per heavy atom. The van der Waals surface area contributed by atoms with Gasteiger partial charge in [0.2, 0.25) is 0 Å². The van der Waals surface area contributed by atoms with E-state index in [1.54, 1.807) is 24.3 Å². The van der Waals surface area contributed by atoms with E-state index in [1.165, 1.54) is 0 Å². The van der Waals surface area contributed by atoms with Crippen LogP contribution in [0, 0.1) is 0 Å². The van der Waals surface area contributed by atoms with Crippen LogP contribution in [0.4, 0.5) is 0 Å². The Bertz CT molecular complexity index is 293. The maximum absolute atomic E-state index is 9.67. The van der Waals surface area contributed by atoms with E-state index in [4.69, 9.17) is 17.3 Å². The average molecular weight is 216 g/mol. The number of aliphatic hydroxyl groups excluding tert-OH is 2. The van der Waals surface area contributed by atoms with Gasteiger partial charge in [-0.3, -0.25) is 0 Å². The minimum absolute atomic E-state index is 0.150. The van der Waals surface area contributed by atoms with Crippen molar-refractivity contribution in [1.82, 2.24) is 0 Å². The molecular formula is C10H14ClNO2. The van der Waals surface area contributed by atoms with Crippen LogP contribution < -0.4 is 5.73 Å². The van der Waals surface area contributed by atoms with Gasteiger partial charge in [-0.25, -0.2) is 0 Å². The van der Waals surface area contributed by atoms with Gasteiger partial charge < -0.3 is 15.9 Å². The van der Waals surface area contributed by atoms with Gasteiger partial charge in [0.25, 0.3) is 0 Å². The van der Waals surface area contributed by atoms with Crippen LogP contribution in [0.5, 0.6) is 0 Å². The molecule has 0 aliphatic rings. The second-order valence-corrected chi connectivity index (χ2v) is 3.63. The molecule has 1 aromatic carbocycles. The van der Waals surface area contributed by atoms with Gasteiger partial charge in [-0.1, -0.05) is 23.7 Å². The molecule has 2 atom stereocenters. The molecule has 1 aromatic rings. The first-order valence-corrected chi connectivity index (χ1v) is 4.83. The molecule has 0 heterocycles. The van der Waals surface area contributed by atoms with E-state index >= 15 is 0 Å². The molecule has 0 amide bonds. The smallest absolute Gasteiger partial charge is 0.0815 e. The molecule has 0 aliphatic heterocycles. The lowest BCUT2D eigenvalue weighted by Gasteiger charge is -2.14. The van der Waals surface area contributed by atoms with Crippen molar-refractivity contribution in [2.24, 2.45) is 5.73 Å². The van der Waals surface area contributed by atoms with Gasteiger partial charge in [0, 0.05) is 18.0 Å². The molecule has 3 nitrogen and oxygen atoms in total. The van der Waals surface area contributed by atoms with Crippen LogP contribution in [-0.4, -0.2) is 22.9 Å². The van der Waals surface area contributed by atoms with Gasteiger partial charge in [-0.2, -0.15) is 0 Å². The van der Waals surface area contributed by atoms with E-state index in [1.807, 2.05) is 0 Å². The quantitative estimate of drug-likeness (QED) is 0.704. The van der Waals surface area contributed by atoms with Gasteiger partial charge in [0.15, 0.2) is 0 Å². The highest BCUT2D eigenvalue weighted by Crippen LogP contribution is 2.21. The first kappa shape index (κ1) is 11.5. The fourth-order valence-electron chi connectivity index (χ4n) is 1.20. The van der Waals surface area contributed by atoms with Gasteiger partial charge in [-0.05, 0) is 17.7 Å². The molecule has 78 valence electrons. The summed E-state index contributed by atoms with van der Waals surface area (Å²) in [5.41, 5.74) is 5.94. The van der Waals surface area contributed by atoms with Crippen molar-refractivity contribution in [2.45, 2.75) is 18.6 Å². The molecule has 0 fully saturated rings. The third-order valence-corrected chi connectivity index (χ3v) is 2.24. The highest BCUT2D eigenvalue weighted by atomic mass is 35.5. The normalized spacial score (nSPS) is 15.1. The van der Waals surface area contributed by atoms with E-state index in [2.05, 4.69) is 0 Å². The summed E-state index contributed by atoms with van der Waals surface area (Å²) in [6.45, 7) is 0.150. The van der Waals surface area contributed by atoms with Gasteiger partial charge in [0.1, 0.15) is 0 Å². The number of hydrogen-bond acceptors (Lipinski definition) is 3. The second kappa shape index (κ2) is 5.32. The molecule has 0 aromatic heterocycles. The first-order valence-electron chi connectivity index (χ1n) is 4.45. The molecule has 0 spiro atoms. The Morgan fingerprint density at radius 1 is 1.36 bits per heavy atom. The van der Waals surface area contributed by atoms with Crippen LogP contribution in [0.2, 0.25) is 5.02 Å². The lowest BCUT2D eigenvalue weighted by atomic mass is 10.0. The summed E-state index contributed by atoms with van der Waals surface area (Å²) in [6.07, 6.45) is -1.16. The van der Waals surface area contributed by atoms with Crippen molar-refractivity contribution in [1.29, 1.82) is 0 Å². The molecule has 1 rings (SSSR count). The minimum Gasteiger partial charge on any atom is -0.392 e. The largest absolute Gasteiger partial charge is 0.392 e. The first-order chi connectivity index (χ1) is 6.63. The number of hydrogen-bond donors (Lipinski definition) is 3. The van der Waals surface area contributed by atoms with Crippen molar-refractivity contribution in [3.63, 3.8) is 0 Å². The van der Waals surface area contributed by atoms with Crippen molar-refractivity contribution in [3.8, 4) is 0 Å². The zero-order valence-corrected chi connectivity index (χ0v) is 8.48. The fourth-order valence-corrected chi connectivity index (χ4v) is 1.40. The minimum atomic E-state index is -0.716. The predicted octanol–water partition coefficient (Wildman–Crippen LogP) is 1.08. The molecular weight excluding hydrogens is 202 g/mol. The van der Waals surface area contributed by atoms with Crippen LogP contribution in [0.1, 0.15) is 18.1 Å². The van der Waals surface area contributed by atoms with E-state index in [-0.39, 0.29) is 13.0 Å². The molecule has 0 saturated carbocycles. The predicted molar refractivity (Wildman–Crippen MR) is 56.1 cm³/mol. The Morgan fingerprint density at radius 2 is 2.07 bits per heavy atom. The molecule has 2 unspecified atom stereocenters. The SMILES string of the molecule is NCC(O)CC(O)c1cccc(Cl)c1. The molecule has 0 radical (unpaired) electrons. The van der Waals surface area contributed by atoms with Gasteiger partial charge >= 0.3 is 0 Å². The molecule has 0 saturated heterocycles. The highest BCUT2D eigenvalue weighted by Gasteiger charge is 2.12. The zero-order valence-electron chi connectivity index (χ0n) is 7.73. The number of aliphatic hydroxyl groups is 2. The average Bonchev–Trinajstić information content (AvgIpc) is 2.17. The number of halogens is 1. The standard InChI is InChI=1S/C10H14ClNO2/c11-8-3-1-2-7(4-8)10(14)5-9(13)6-12/h1-4,9-10,13-14H,5-6,12H2. The van der Waals surface area contributed by atoms with Crippen LogP contribution in [0.3, 0.4) is 0 Å². The van der Waals surface area contributed by atoms with E-state index in [0.29, 0.717) is 10.6 Å². The zero-order chi connectivity index (χ0) is 10.6. The van der Waals surface area contributed by atoms with E-state index < -0.39 is 12.2 Å². The van der Waals surface area contributed by atoms with Gasteiger partial charge in [-0.15, -0.1) is 0 Å². The summed E-state index contributed by atoms with van der Waals surface area (Å²) in [5.74, 6) is 0.